The third-order valence-electron chi connectivity index (χ3n) is 4.96. The highest BCUT2D eigenvalue weighted by molar-refractivity contribution is 7.23. The SMILES string of the molecule is Cc1cc(C(=O)N(CCCN2CCOCC2)c2nc3c(C)ccc(Cl)c3s2)on1. The molecule has 0 N–H and O–H groups in total. The molecule has 9 heteroatoms. The molecule has 0 radical (unpaired) electrons. The Morgan fingerprint density at radius 3 is 2.79 bits per heavy atom. The van der Waals surface area contributed by atoms with Gasteiger partial charge in [0, 0.05) is 32.2 Å². The maximum Gasteiger partial charge on any atom is 0.298 e. The summed E-state index contributed by atoms with van der Waals surface area (Å²) in [6, 6.07) is 5.47. The number of anilines is 1. The number of ether oxygens (including phenoxy) is 1. The first-order valence-corrected chi connectivity index (χ1v) is 10.8. The molecule has 0 unspecified atom stereocenters. The molecule has 0 atom stereocenters. The van der Waals surface area contributed by atoms with E-state index in [4.69, 9.17) is 25.8 Å². The third-order valence-corrected chi connectivity index (χ3v) is 6.50. The van der Waals surface area contributed by atoms with E-state index in [2.05, 4.69) is 10.1 Å². The highest BCUT2D eigenvalue weighted by Crippen LogP contribution is 2.36. The minimum atomic E-state index is -0.236. The maximum absolute atomic E-state index is 13.2. The van der Waals surface area contributed by atoms with Gasteiger partial charge in [0.05, 0.1) is 34.1 Å². The summed E-state index contributed by atoms with van der Waals surface area (Å²) in [4.78, 5) is 21.9. The summed E-state index contributed by atoms with van der Waals surface area (Å²) in [5.41, 5.74) is 2.53. The standard InChI is InChI=1S/C20H23ClN4O3S/c1-13-4-5-15(21)18-17(13)22-20(29-18)25(19(26)16-12-14(2)23-28-16)7-3-6-24-8-10-27-11-9-24/h4-5,12H,3,6-11H2,1-2H3. The van der Waals surface area contributed by atoms with Crippen molar-refractivity contribution in [3.8, 4) is 0 Å². The van der Waals surface area contributed by atoms with Gasteiger partial charge in [-0.15, -0.1) is 0 Å². The number of amides is 1. The molecular weight excluding hydrogens is 412 g/mol. The lowest BCUT2D eigenvalue weighted by atomic mass is 10.2. The molecule has 1 amide bonds. The first kappa shape index (κ1) is 20.3. The fourth-order valence-corrected chi connectivity index (χ4v) is 4.71. The van der Waals surface area contributed by atoms with Crippen molar-refractivity contribution < 1.29 is 14.1 Å². The second-order valence-electron chi connectivity index (χ2n) is 7.14. The maximum atomic E-state index is 13.2. The monoisotopic (exact) mass is 434 g/mol. The van der Waals surface area contributed by atoms with E-state index in [1.54, 1.807) is 17.9 Å². The van der Waals surface area contributed by atoms with Crippen LogP contribution in [0, 0.1) is 13.8 Å². The van der Waals surface area contributed by atoms with E-state index in [1.165, 1.54) is 11.3 Å². The topological polar surface area (TPSA) is 71.7 Å². The zero-order chi connectivity index (χ0) is 20.4. The van der Waals surface area contributed by atoms with Gasteiger partial charge in [0.2, 0.25) is 5.76 Å². The number of thiazole rings is 1. The number of rotatable bonds is 6. The van der Waals surface area contributed by atoms with Gasteiger partial charge in [0.1, 0.15) is 0 Å². The smallest absolute Gasteiger partial charge is 0.298 e. The lowest BCUT2D eigenvalue weighted by Gasteiger charge is -2.27. The summed E-state index contributed by atoms with van der Waals surface area (Å²) in [7, 11) is 0. The summed E-state index contributed by atoms with van der Waals surface area (Å²) < 4.78 is 11.5. The van der Waals surface area contributed by atoms with E-state index >= 15 is 0 Å². The van der Waals surface area contributed by atoms with Crippen molar-refractivity contribution in [2.75, 3.05) is 44.3 Å². The van der Waals surface area contributed by atoms with Crippen molar-refractivity contribution in [1.29, 1.82) is 0 Å². The Balaban J connectivity index is 1.59. The zero-order valence-corrected chi connectivity index (χ0v) is 18.1. The Morgan fingerprint density at radius 1 is 1.31 bits per heavy atom. The van der Waals surface area contributed by atoms with E-state index in [-0.39, 0.29) is 11.7 Å². The summed E-state index contributed by atoms with van der Waals surface area (Å²) in [5.74, 6) is -0.0173. The second kappa shape index (κ2) is 8.79. The number of nitrogens with zero attached hydrogens (tertiary/aromatic N) is 4. The first-order valence-electron chi connectivity index (χ1n) is 9.64. The van der Waals surface area contributed by atoms with E-state index in [1.807, 2.05) is 19.1 Å². The van der Waals surface area contributed by atoms with Crippen LogP contribution in [0.25, 0.3) is 10.2 Å². The Labute approximate surface area is 178 Å². The van der Waals surface area contributed by atoms with Crippen molar-refractivity contribution in [1.82, 2.24) is 15.0 Å². The van der Waals surface area contributed by atoms with E-state index < -0.39 is 0 Å². The minimum Gasteiger partial charge on any atom is -0.379 e. The van der Waals surface area contributed by atoms with Crippen molar-refractivity contribution in [3.63, 3.8) is 0 Å². The molecule has 0 saturated carbocycles. The summed E-state index contributed by atoms with van der Waals surface area (Å²) in [6.07, 6.45) is 0.821. The van der Waals surface area contributed by atoms with Crippen LogP contribution >= 0.6 is 22.9 Å². The molecule has 2 aromatic heterocycles. The van der Waals surface area contributed by atoms with Crippen LogP contribution in [-0.4, -0.2) is 60.3 Å². The number of carbonyl (C=O) groups excluding carboxylic acids is 1. The second-order valence-corrected chi connectivity index (χ2v) is 8.52. The van der Waals surface area contributed by atoms with Gasteiger partial charge in [-0.3, -0.25) is 14.6 Å². The summed E-state index contributed by atoms with van der Waals surface area (Å²) >= 11 is 7.80. The Kier molecular flexibility index (Phi) is 6.15. The Bertz CT molecular complexity index is 973. The van der Waals surface area contributed by atoms with Crippen LogP contribution in [0.3, 0.4) is 0 Å². The number of hydrogen-bond donors (Lipinski definition) is 0. The molecule has 1 aliphatic rings. The molecule has 1 aliphatic heterocycles. The molecule has 0 aliphatic carbocycles. The first-order chi connectivity index (χ1) is 14.0. The third kappa shape index (κ3) is 4.45. The average molecular weight is 435 g/mol. The van der Waals surface area contributed by atoms with Gasteiger partial charge < -0.3 is 9.26 Å². The number of halogens is 1. The molecule has 7 nitrogen and oxygen atoms in total. The summed E-state index contributed by atoms with van der Waals surface area (Å²) in [5, 5.41) is 5.12. The number of fused-ring (bicyclic) bond motifs is 1. The van der Waals surface area contributed by atoms with Gasteiger partial charge in [-0.1, -0.05) is 34.2 Å². The van der Waals surface area contributed by atoms with Crippen LogP contribution in [0.5, 0.6) is 0 Å². The number of aryl methyl sites for hydroxylation is 2. The average Bonchev–Trinajstić information content (AvgIpc) is 3.36. The molecule has 154 valence electrons. The zero-order valence-electron chi connectivity index (χ0n) is 16.5. The number of aromatic nitrogens is 2. The highest BCUT2D eigenvalue weighted by Gasteiger charge is 2.25. The summed E-state index contributed by atoms with van der Waals surface area (Å²) in [6.45, 7) is 8.58. The van der Waals surface area contributed by atoms with E-state index in [0.29, 0.717) is 22.4 Å². The highest BCUT2D eigenvalue weighted by atomic mass is 35.5. The number of carbonyl (C=O) groups is 1. The van der Waals surface area contributed by atoms with Gasteiger partial charge >= 0.3 is 0 Å². The van der Waals surface area contributed by atoms with Crippen molar-refractivity contribution in [2.45, 2.75) is 20.3 Å². The van der Waals surface area contributed by atoms with Crippen LogP contribution in [0.1, 0.15) is 28.2 Å². The molecular formula is C20H23ClN4O3S. The Hall–Kier alpha value is -2.00. The van der Waals surface area contributed by atoms with Crippen molar-refractivity contribution >= 4 is 44.2 Å². The molecule has 3 aromatic rings. The van der Waals surface area contributed by atoms with Crippen LogP contribution in [0.2, 0.25) is 5.02 Å². The largest absolute Gasteiger partial charge is 0.379 e. The number of morpholine rings is 1. The fraction of sp³-hybridized carbons (Fsp3) is 0.450. The number of hydrogen-bond acceptors (Lipinski definition) is 7. The molecule has 0 bridgehead atoms. The lowest BCUT2D eigenvalue weighted by Crippen LogP contribution is -2.39. The van der Waals surface area contributed by atoms with Gasteiger partial charge in [0.15, 0.2) is 5.13 Å². The fourth-order valence-electron chi connectivity index (χ4n) is 3.36. The van der Waals surface area contributed by atoms with Crippen LogP contribution < -0.4 is 4.90 Å². The van der Waals surface area contributed by atoms with Crippen molar-refractivity contribution in [2.24, 2.45) is 0 Å². The Morgan fingerprint density at radius 2 is 2.10 bits per heavy atom. The van der Waals surface area contributed by atoms with Gasteiger partial charge in [-0.25, -0.2) is 4.98 Å². The molecule has 1 fully saturated rings. The predicted molar refractivity (Wildman–Crippen MR) is 114 cm³/mol. The van der Waals surface area contributed by atoms with E-state index in [9.17, 15) is 4.79 Å². The quantitative estimate of drug-likeness (QED) is 0.585. The van der Waals surface area contributed by atoms with Gasteiger partial charge in [0.25, 0.3) is 5.91 Å². The molecule has 3 heterocycles. The van der Waals surface area contributed by atoms with Crippen LogP contribution in [-0.2, 0) is 4.74 Å². The number of benzene rings is 1. The normalized spacial score (nSPS) is 15.1. The molecule has 1 aromatic carbocycles. The van der Waals surface area contributed by atoms with Crippen LogP contribution in [0.4, 0.5) is 5.13 Å². The van der Waals surface area contributed by atoms with E-state index in [0.717, 1.165) is 55.0 Å². The molecule has 29 heavy (non-hydrogen) atoms. The van der Waals surface area contributed by atoms with Gasteiger partial charge in [-0.05, 0) is 31.9 Å². The molecule has 1 saturated heterocycles. The van der Waals surface area contributed by atoms with Crippen molar-refractivity contribution in [3.05, 3.63) is 40.2 Å². The van der Waals surface area contributed by atoms with Gasteiger partial charge in [-0.2, -0.15) is 0 Å². The predicted octanol–water partition coefficient (Wildman–Crippen LogP) is 3.92. The molecule has 0 spiro atoms. The van der Waals surface area contributed by atoms with Crippen LogP contribution in [0.15, 0.2) is 22.7 Å². The minimum absolute atomic E-state index is 0.218. The molecule has 4 rings (SSSR count). The lowest BCUT2D eigenvalue weighted by molar-refractivity contribution is 0.0376.